The molecule has 4 heteroatoms. The lowest BCUT2D eigenvalue weighted by molar-refractivity contribution is -0.136. The van der Waals surface area contributed by atoms with E-state index in [1.807, 2.05) is 42.5 Å². The molecule has 0 saturated heterocycles. The monoisotopic (exact) mass is 323 g/mol. The maximum Gasteiger partial charge on any atom is 0.417 e. The van der Waals surface area contributed by atoms with Crippen molar-refractivity contribution in [1.82, 2.24) is 4.98 Å². The summed E-state index contributed by atoms with van der Waals surface area (Å²) in [5, 5.41) is 2.30. The molecule has 4 aromatic rings. The Hall–Kier alpha value is -2.88. The van der Waals surface area contributed by atoms with E-state index in [1.54, 1.807) is 12.1 Å². The fourth-order valence-corrected chi connectivity index (χ4v) is 2.91. The Morgan fingerprint density at radius 1 is 0.708 bits per heavy atom. The number of hydrogen-bond donors (Lipinski definition) is 0. The summed E-state index contributed by atoms with van der Waals surface area (Å²) in [6.45, 7) is 0. The van der Waals surface area contributed by atoms with E-state index in [0.717, 1.165) is 22.4 Å². The van der Waals surface area contributed by atoms with Gasteiger partial charge in [0.1, 0.15) is 0 Å². The summed E-state index contributed by atoms with van der Waals surface area (Å²) < 4.78 is 39.3. The molecular weight excluding hydrogens is 311 g/mol. The van der Waals surface area contributed by atoms with Gasteiger partial charge in [0.25, 0.3) is 0 Å². The molecule has 0 amide bonds. The Morgan fingerprint density at radius 2 is 1.50 bits per heavy atom. The summed E-state index contributed by atoms with van der Waals surface area (Å²) in [5.41, 5.74) is 1.23. The van der Waals surface area contributed by atoms with Crippen LogP contribution < -0.4 is 0 Å². The maximum absolute atomic E-state index is 13.1. The van der Waals surface area contributed by atoms with Gasteiger partial charge < -0.3 is 0 Å². The molecule has 0 spiro atoms. The van der Waals surface area contributed by atoms with Crippen molar-refractivity contribution in [2.45, 2.75) is 6.18 Å². The molecule has 0 aliphatic rings. The average Bonchev–Trinajstić information content (AvgIpc) is 2.59. The van der Waals surface area contributed by atoms with Crippen LogP contribution in [0.1, 0.15) is 5.56 Å². The molecule has 0 saturated carbocycles. The highest BCUT2D eigenvalue weighted by Crippen LogP contribution is 2.35. The molecule has 118 valence electrons. The van der Waals surface area contributed by atoms with E-state index in [9.17, 15) is 13.2 Å². The van der Waals surface area contributed by atoms with Crippen molar-refractivity contribution in [2.75, 3.05) is 0 Å². The minimum Gasteiger partial charge on any atom is -0.248 e. The lowest BCUT2D eigenvalue weighted by Gasteiger charge is -2.11. The predicted octanol–water partition coefficient (Wildman–Crippen LogP) is 6.07. The van der Waals surface area contributed by atoms with Crippen molar-refractivity contribution in [1.29, 1.82) is 0 Å². The van der Waals surface area contributed by atoms with Gasteiger partial charge in [-0.25, -0.2) is 4.98 Å². The first kappa shape index (κ1) is 14.7. The van der Waals surface area contributed by atoms with Gasteiger partial charge in [0.05, 0.1) is 16.8 Å². The fraction of sp³-hybridized carbons (Fsp3) is 0.0500. The highest BCUT2D eigenvalue weighted by molar-refractivity contribution is 5.89. The minimum atomic E-state index is -4.38. The zero-order valence-corrected chi connectivity index (χ0v) is 12.5. The van der Waals surface area contributed by atoms with E-state index < -0.39 is 11.7 Å². The number of benzene rings is 3. The van der Waals surface area contributed by atoms with E-state index in [4.69, 9.17) is 0 Å². The largest absolute Gasteiger partial charge is 0.417 e. The molecule has 4 rings (SSSR count). The molecule has 0 radical (unpaired) electrons. The van der Waals surface area contributed by atoms with Crippen molar-refractivity contribution in [3.05, 3.63) is 78.4 Å². The Balaban J connectivity index is 1.88. The summed E-state index contributed by atoms with van der Waals surface area (Å²) in [5.74, 6) is 0. The average molecular weight is 323 g/mol. The molecule has 0 unspecified atom stereocenters. The molecule has 1 nitrogen and oxygen atoms in total. The highest BCUT2D eigenvalue weighted by atomic mass is 19.4. The SMILES string of the molecule is FC(F)(F)c1cccc2nc(-c3ccc4ccccc4c3)ccc12. The number of rotatable bonds is 1. The molecule has 24 heavy (non-hydrogen) atoms. The number of hydrogen-bond acceptors (Lipinski definition) is 1. The number of alkyl halides is 3. The quantitative estimate of drug-likeness (QED) is 0.414. The van der Waals surface area contributed by atoms with Crippen LogP contribution in [-0.2, 0) is 6.18 Å². The number of nitrogens with zero attached hydrogens (tertiary/aromatic N) is 1. The summed E-state index contributed by atoms with van der Waals surface area (Å²) in [4.78, 5) is 4.43. The van der Waals surface area contributed by atoms with Crippen molar-refractivity contribution in [2.24, 2.45) is 0 Å². The van der Waals surface area contributed by atoms with Crippen LogP contribution in [-0.4, -0.2) is 4.98 Å². The molecule has 0 atom stereocenters. The van der Waals surface area contributed by atoms with Crippen LogP contribution in [0.4, 0.5) is 13.2 Å². The minimum absolute atomic E-state index is 0.120. The third-order valence-corrected chi connectivity index (χ3v) is 4.08. The number of fused-ring (bicyclic) bond motifs is 2. The molecule has 0 aliphatic heterocycles. The van der Waals surface area contributed by atoms with Crippen LogP contribution in [0.25, 0.3) is 32.9 Å². The van der Waals surface area contributed by atoms with Gasteiger partial charge >= 0.3 is 6.18 Å². The van der Waals surface area contributed by atoms with Crippen molar-refractivity contribution < 1.29 is 13.2 Å². The first-order valence-corrected chi connectivity index (χ1v) is 7.48. The third-order valence-electron chi connectivity index (χ3n) is 4.08. The number of aromatic nitrogens is 1. The first-order valence-electron chi connectivity index (χ1n) is 7.48. The number of halogens is 3. The van der Waals surface area contributed by atoms with Crippen LogP contribution in [0.15, 0.2) is 72.8 Å². The maximum atomic E-state index is 13.1. The van der Waals surface area contributed by atoms with Crippen LogP contribution >= 0.6 is 0 Å². The lowest BCUT2D eigenvalue weighted by Crippen LogP contribution is -2.05. The number of pyridine rings is 1. The van der Waals surface area contributed by atoms with Gasteiger partial charge in [-0.05, 0) is 35.0 Å². The second kappa shape index (κ2) is 5.34. The molecule has 0 bridgehead atoms. The van der Waals surface area contributed by atoms with Gasteiger partial charge in [-0.2, -0.15) is 13.2 Å². The van der Waals surface area contributed by atoms with Crippen LogP contribution in [0, 0.1) is 0 Å². The standard InChI is InChI=1S/C20H12F3N/c21-20(22,23)17-6-3-7-19-16(17)10-11-18(24-19)15-9-8-13-4-1-2-5-14(13)12-15/h1-12H. The zero-order chi connectivity index (χ0) is 16.7. The Labute approximate surface area is 136 Å². The normalized spacial score (nSPS) is 12.0. The van der Waals surface area contributed by atoms with Crippen molar-refractivity contribution in [3.8, 4) is 11.3 Å². The van der Waals surface area contributed by atoms with Crippen LogP contribution in [0.5, 0.6) is 0 Å². The fourth-order valence-electron chi connectivity index (χ4n) is 2.91. The van der Waals surface area contributed by atoms with Gasteiger partial charge in [0.2, 0.25) is 0 Å². The Kier molecular flexibility index (Phi) is 3.27. The van der Waals surface area contributed by atoms with E-state index >= 15 is 0 Å². The molecule has 3 aromatic carbocycles. The summed E-state index contributed by atoms with van der Waals surface area (Å²) in [6.07, 6.45) is -4.38. The van der Waals surface area contributed by atoms with Crippen molar-refractivity contribution >= 4 is 21.7 Å². The lowest BCUT2D eigenvalue weighted by atomic mass is 10.0. The van der Waals surface area contributed by atoms with Gasteiger partial charge in [0, 0.05) is 10.9 Å². The Bertz CT molecular complexity index is 1050. The Morgan fingerprint density at radius 3 is 2.29 bits per heavy atom. The van der Waals surface area contributed by atoms with Crippen LogP contribution in [0.2, 0.25) is 0 Å². The first-order chi connectivity index (χ1) is 11.5. The van der Waals surface area contributed by atoms with Gasteiger partial charge in [-0.15, -0.1) is 0 Å². The molecule has 1 aromatic heterocycles. The molecule has 0 N–H and O–H groups in total. The summed E-state index contributed by atoms with van der Waals surface area (Å²) in [7, 11) is 0. The van der Waals surface area contributed by atoms with Gasteiger partial charge in [0.15, 0.2) is 0 Å². The summed E-state index contributed by atoms with van der Waals surface area (Å²) in [6, 6.07) is 21.1. The van der Waals surface area contributed by atoms with E-state index in [0.29, 0.717) is 11.2 Å². The zero-order valence-electron chi connectivity index (χ0n) is 12.5. The molecule has 0 fully saturated rings. The second-order valence-corrected chi connectivity index (χ2v) is 5.63. The van der Waals surface area contributed by atoms with E-state index in [2.05, 4.69) is 4.98 Å². The van der Waals surface area contributed by atoms with E-state index in [-0.39, 0.29) is 5.39 Å². The van der Waals surface area contributed by atoms with Gasteiger partial charge in [-0.1, -0.05) is 48.5 Å². The molecule has 1 heterocycles. The molecular formula is C20H12F3N. The smallest absolute Gasteiger partial charge is 0.248 e. The van der Waals surface area contributed by atoms with Gasteiger partial charge in [-0.3, -0.25) is 0 Å². The van der Waals surface area contributed by atoms with Crippen molar-refractivity contribution in [3.63, 3.8) is 0 Å². The highest BCUT2D eigenvalue weighted by Gasteiger charge is 2.32. The van der Waals surface area contributed by atoms with E-state index in [1.165, 1.54) is 12.1 Å². The third kappa shape index (κ3) is 2.50. The predicted molar refractivity (Wildman–Crippen MR) is 89.7 cm³/mol. The molecule has 0 aliphatic carbocycles. The van der Waals surface area contributed by atoms with Crippen LogP contribution in [0.3, 0.4) is 0 Å². The second-order valence-electron chi connectivity index (χ2n) is 5.63. The topological polar surface area (TPSA) is 12.9 Å². The summed E-state index contributed by atoms with van der Waals surface area (Å²) >= 11 is 0.